The number of carbonyl (C=O) groups is 1. The van der Waals surface area contributed by atoms with Crippen LogP contribution in [-0.4, -0.2) is 20.7 Å². The third-order valence-electron chi connectivity index (χ3n) is 3.10. The lowest BCUT2D eigenvalue weighted by atomic mass is 10.2. The van der Waals surface area contributed by atoms with Crippen molar-refractivity contribution in [2.24, 2.45) is 7.05 Å². The summed E-state index contributed by atoms with van der Waals surface area (Å²) in [4.78, 5) is 18.4. The second-order valence-corrected chi connectivity index (χ2v) is 7.41. The van der Waals surface area contributed by atoms with Crippen molar-refractivity contribution in [1.29, 1.82) is 0 Å². The minimum absolute atomic E-state index is 0.0929. The molecular formula is C15H13BrN4OS2. The highest BCUT2D eigenvalue weighted by Gasteiger charge is 2.14. The number of hydrogen-bond donors (Lipinski definition) is 1. The van der Waals surface area contributed by atoms with Crippen LogP contribution in [0.3, 0.4) is 0 Å². The average Bonchev–Trinajstić information content (AvgIpc) is 3.07. The molecule has 1 aromatic carbocycles. The number of aromatic nitrogens is 3. The van der Waals surface area contributed by atoms with Gasteiger partial charge in [-0.25, -0.2) is 4.68 Å². The molecule has 0 aliphatic heterocycles. The van der Waals surface area contributed by atoms with Gasteiger partial charge in [-0.2, -0.15) is 4.98 Å². The maximum Gasteiger partial charge on any atom is 0.266 e. The van der Waals surface area contributed by atoms with E-state index in [0.29, 0.717) is 4.73 Å². The Morgan fingerprint density at radius 3 is 2.78 bits per heavy atom. The number of thiophene rings is 1. The van der Waals surface area contributed by atoms with Crippen molar-refractivity contribution in [2.75, 3.05) is 5.32 Å². The van der Waals surface area contributed by atoms with E-state index in [1.807, 2.05) is 49.7 Å². The molecule has 0 unspecified atom stereocenters. The second kappa shape index (κ2) is 6.86. The van der Waals surface area contributed by atoms with E-state index in [1.54, 1.807) is 4.68 Å². The summed E-state index contributed by atoms with van der Waals surface area (Å²) < 4.78 is 2.23. The fraction of sp³-hybridized carbons (Fsp3) is 0.133. The van der Waals surface area contributed by atoms with Gasteiger partial charge in [0.1, 0.15) is 0 Å². The maximum absolute atomic E-state index is 12.4. The highest BCUT2D eigenvalue weighted by atomic mass is 79.9. The van der Waals surface area contributed by atoms with E-state index in [4.69, 9.17) is 0 Å². The largest absolute Gasteiger partial charge is 0.320 e. The number of nitrogens with one attached hydrogen (secondary N) is 1. The lowest BCUT2D eigenvalue weighted by Crippen LogP contribution is -2.12. The average molecular weight is 409 g/mol. The topological polar surface area (TPSA) is 59.8 Å². The van der Waals surface area contributed by atoms with E-state index >= 15 is 0 Å². The third kappa shape index (κ3) is 3.65. The first-order chi connectivity index (χ1) is 11.0. The number of halogens is 1. The summed E-state index contributed by atoms with van der Waals surface area (Å²) in [7, 11) is 1.83. The quantitative estimate of drug-likeness (QED) is 0.696. The van der Waals surface area contributed by atoms with Crippen LogP contribution in [0, 0.1) is 6.92 Å². The Bertz CT molecular complexity index is 859. The molecule has 2 heterocycles. The van der Waals surface area contributed by atoms with E-state index in [2.05, 4.69) is 31.3 Å². The molecule has 2 aromatic heterocycles. The van der Waals surface area contributed by atoms with E-state index < -0.39 is 0 Å². The van der Waals surface area contributed by atoms with E-state index in [9.17, 15) is 4.79 Å². The molecule has 0 aliphatic carbocycles. The highest BCUT2D eigenvalue weighted by molar-refractivity contribution is 9.10. The monoisotopic (exact) mass is 408 g/mol. The molecule has 0 bridgehead atoms. The number of para-hydroxylation sites is 1. The SMILES string of the molecule is Cc1ccsc1C(=O)Nc1ccccc1Sc1nc(Br)nn1C. The normalized spacial score (nSPS) is 10.7. The molecule has 5 nitrogen and oxygen atoms in total. The van der Waals surface area contributed by atoms with E-state index in [0.717, 1.165) is 26.2 Å². The molecule has 0 saturated heterocycles. The van der Waals surface area contributed by atoms with Gasteiger partial charge >= 0.3 is 0 Å². The number of nitrogens with zero attached hydrogens (tertiary/aromatic N) is 3. The van der Waals surface area contributed by atoms with Crippen LogP contribution in [-0.2, 0) is 7.05 Å². The fourth-order valence-electron chi connectivity index (χ4n) is 1.97. The number of aryl methyl sites for hydroxylation is 2. The number of benzene rings is 1. The van der Waals surface area contributed by atoms with Gasteiger partial charge in [0.05, 0.1) is 10.6 Å². The Morgan fingerprint density at radius 1 is 1.35 bits per heavy atom. The van der Waals surface area contributed by atoms with Gasteiger partial charge in [-0.1, -0.05) is 12.1 Å². The van der Waals surface area contributed by atoms with Crippen molar-refractivity contribution in [2.45, 2.75) is 17.0 Å². The van der Waals surface area contributed by atoms with Crippen LogP contribution in [0.25, 0.3) is 0 Å². The highest BCUT2D eigenvalue weighted by Crippen LogP contribution is 2.33. The Morgan fingerprint density at radius 2 is 2.13 bits per heavy atom. The molecule has 1 amide bonds. The van der Waals surface area contributed by atoms with Crippen molar-refractivity contribution in [3.63, 3.8) is 0 Å². The molecule has 0 atom stereocenters. The molecule has 1 N–H and O–H groups in total. The van der Waals surface area contributed by atoms with E-state index in [1.165, 1.54) is 23.1 Å². The molecule has 3 aromatic rings. The Balaban J connectivity index is 1.85. The van der Waals surface area contributed by atoms with Gasteiger partial charge in [-0.3, -0.25) is 4.79 Å². The minimum Gasteiger partial charge on any atom is -0.320 e. The second-order valence-electron chi connectivity index (χ2n) is 4.77. The predicted molar refractivity (Wildman–Crippen MR) is 96.3 cm³/mol. The summed E-state index contributed by atoms with van der Waals surface area (Å²) in [5.74, 6) is -0.0929. The smallest absolute Gasteiger partial charge is 0.266 e. The van der Waals surface area contributed by atoms with Gasteiger partial charge in [0, 0.05) is 11.9 Å². The summed E-state index contributed by atoms with van der Waals surface area (Å²) in [6.45, 7) is 1.93. The van der Waals surface area contributed by atoms with Gasteiger partial charge in [-0.15, -0.1) is 16.4 Å². The van der Waals surface area contributed by atoms with Crippen LogP contribution >= 0.6 is 39.0 Å². The van der Waals surface area contributed by atoms with E-state index in [-0.39, 0.29) is 5.91 Å². The molecule has 3 rings (SSSR count). The standard InChI is InChI=1S/C15H13BrN4OS2/c1-9-7-8-22-12(9)13(21)17-10-5-3-4-6-11(10)23-15-18-14(16)19-20(15)2/h3-8H,1-2H3,(H,17,21). The molecule has 0 spiro atoms. The van der Waals surface area contributed by atoms with Crippen LogP contribution in [0.1, 0.15) is 15.2 Å². The number of amides is 1. The Labute approximate surface area is 150 Å². The molecule has 0 fully saturated rings. The number of anilines is 1. The summed E-state index contributed by atoms with van der Waals surface area (Å²) in [5, 5.41) is 9.81. The van der Waals surface area contributed by atoms with Crippen molar-refractivity contribution >= 4 is 50.6 Å². The summed E-state index contributed by atoms with van der Waals surface area (Å²) >= 11 is 6.16. The number of carbonyl (C=O) groups excluding carboxylic acids is 1. The predicted octanol–water partition coefficient (Wildman–Crippen LogP) is 4.35. The number of rotatable bonds is 4. The molecule has 23 heavy (non-hydrogen) atoms. The molecule has 0 saturated carbocycles. The molecular weight excluding hydrogens is 396 g/mol. The van der Waals surface area contributed by atoms with Gasteiger partial charge < -0.3 is 5.32 Å². The van der Waals surface area contributed by atoms with Gasteiger partial charge in [0.25, 0.3) is 5.91 Å². The first-order valence-electron chi connectivity index (χ1n) is 6.73. The van der Waals surface area contributed by atoms with Crippen LogP contribution in [0.4, 0.5) is 5.69 Å². The van der Waals surface area contributed by atoms with Gasteiger partial charge in [-0.05, 0) is 63.8 Å². The zero-order chi connectivity index (χ0) is 16.4. The molecule has 0 radical (unpaired) electrons. The molecule has 0 aliphatic rings. The van der Waals surface area contributed by atoms with Gasteiger partial charge in [0.2, 0.25) is 4.73 Å². The van der Waals surface area contributed by atoms with Crippen molar-refractivity contribution in [3.05, 3.63) is 50.9 Å². The third-order valence-corrected chi connectivity index (χ3v) is 5.57. The van der Waals surface area contributed by atoms with Crippen LogP contribution in [0.15, 0.2) is 50.5 Å². The van der Waals surface area contributed by atoms with Crippen LogP contribution in [0.2, 0.25) is 0 Å². The first-order valence-corrected chi connectivity index (χ1v) is 9.22. The molecule has 118 valence electrons. The number of hydrogen-bond acceptors (Lipinski definition) is 5. The Kier molecular flexibility index (Phi) is 4.84. The first kappa shape index (κ1) is 16.2. The summed E-state index contributed by atoms with van der Waals surface area (Å²) in [6.07, 6.45) is 0. The fourth-order valence-corrected chi connectivity index (χ4v) is 4.19. The Hall–Kier alpha value is -1.64. The zero-order valence-corrected chi connectivity index (χ0v) is 15.6. The van der Waals surface area contributed by atoms with Crippen LogP contribution in [0.5, 0.6) is 0 Å². The van der Waals surface area contributed by atoms with Crippen molar-refractivity contribution in [1.82, 2.24) is 14.8 Å². The summed E-state index contributed by atoms with van der Waals surface area (Å²) in [6, 6.07) is 9.60. The molecule has 8 heteroatoms. The summed E-state index contributed by atoms with van der Waals surface area (Å²) in [5.41, 5.74) is 1.74. The zero-order valence-electron chi connectivity index (χ0n) is 12.4. The minimum atomic E-state index is -0.0929. The van der Waals surface area contributed by atoms with Crippen molar-refractivity contribution in [3.8, 4) is 0 Å². The maximum atomic E-state index is 12.4. The van der Waals surface area contributed by atoms with Gasteiger partial charge in [0.15, 0.2) is 5.16 Å². The lowest BCUT2D eigenvalue weighted by Gasteiger charge is -2.10. The lowest BCUT2D eigenvalue weighted by molar-refractivity contribution is 0.103. The van der Waals surface area contributed by atoms with Crippen LogP contribution < -0.4 is 5.32 Å². The van der Waals surface area contributed by atoms with Crippen molar-refractivity contribution < 1.29 is 4.79 Å².